The number of fused-ring (bicyclic) bond motifs is 1. The summed E-state index contributed by atoms with van der Waals surface area (Å²) in [4.78, 5) is 23.2. The average Bonchev–Trinajstić information content (AvgIpc) is 3.30. The fourth-order valence-electron chi connectivity index (χ4n) is 2.98. The molecule has 0 radical (unpaired) electrons. The second-order valence-corrected chi connectivity index (χ2v) is 6.01. The van der Waals surface area contributed by atoms with Crippen LogP contribution < -0.4 is 10.6 Å². The van der Waals surface area contributed by atoms with Crippen LogP contribution in [0.15, 0.2) is 6.20 Å². The van der Waals surface area contributed by atoms with Gasteiger partial charge in [-0.1, -0.05) is 0 Å². The van der Waals surface area contributed by atoms with Crippen LogP contribution in [-0.4, -0.2) is 32.6 Å². The summed E-state index contributed by atoms with van der Waals surface area (Å²) in [5, 5.41) is 7.23. The van der Waals surface area contributed by atoms with Crippen molar-refractivity contribution in [3.8, 4) is 0 Å². The predicted octanol–water partition coefficient (Wildman–Crippen LogP) is 1.56. The lowest BCUT2D eigenvalue weighted by molar-refractivity contribution is 0.0985. The zero-order chi connectivity index (χ0) is 15.3. The van der Waals surface area contributed by atoms with Gasteiger partial charge in [0.2, 0.25) is 0 Å². The third kappa shape index (κ3) is 2.04. The van der Waals surface area contributed by atoms with E-state index in [-0.39, 0.29) is 11.7 Å². The third-order valence-electron chi connectivity index (χ3n) is 4.31. The number of aryl methyl sites for hydroxylation is 2. The molecule has 1 amide bonds. The topological polar surface area (TPSA) is 101 Å². The zero-order valence-electron chi connectivity index (χ0n) is 12.5. The largest absolute Gasteiger partial charge is 0.383 e. The van der Waals surface area contributed by atoms with Gasteiger partial charge < -0.3 is 10.6 Å². The first-order chi connectivity index (χ1) is 10.6. The van der Waals surface area contributed by atoms with Crippen LogP contribution in [-0.2, 0) is 6.42 Å². The number of amides is 1. The minimum atomic E-state index is -0.148. The van der Waals surface area contributed by atoms with E-state index < -0.39 is 0 Å². The highest BCUT2D eigenvalue weighted by molar-refractivity contribution is 6.09. The lowest BCUT2D eigenvalue weighted by Gasteiger charge is -2.27. The SMILES string of the molecule is Cc1[nH]nc2c1N(C(=O)c1cnc(C3CC3)nc1N)CCC2. The summed E-state index contributed by atoms with van der Waals surface area (Å²) in [5.74, 6) is 1.30. The standard InChI is InChI=1S/C15H18N6O/c1-8-12-11(20-19-8)3-2-6-21(12)15(22)10-7-17-14(9-4-5-9)18-13(10)16/h7,9H,2-6H2,1H3,(H,19,20)(H2,16,17,18). The Labute approximate surface area is 127 Å². The van der Waals surface area contributed by atoms with Crippen molar-refractivity contribution < 1.29 is 4.79 Å². The van der Waals surface area contributed by atoms with Crippen molar-refractivity contribution in [3.63, 3.8) is 0 Å². The molecule has 7 nitrogen and oxygen atoms in total. The number of aromatic amines is 1. The second kappa shape index (κ2) is 4.79. The molecule has 0 spiro atoms. The number of carbonyl (C=O) groups is 1. The molecular formula is C15H18N6O. The monoisotopic (exact) mass is 298 g/mol. The molecule has 2 aliphatic rings. The van der Waals surface area contributed by atoms with E-state index in [2.05, 4.69) is 20.2 Å². The molecule has 0 bridgehead atoms. The molecule has 22 heavy (non-hydrogen) atoms. The summed E-state index contributed by atoms with van der Waals surface area (Å²) in [6.45, 7) is 2.59. The Kier molecular flexibility index (Phi) is 2.88. The number of nitrogens with two attached hydrogens (primary N) is 1. The van der Waals surface area contributed by atoms with Crippen LogP contribution in [0.5, 0.6) is 0 Å². The minimum absolute atomic E-state index is 0.148. The Morgan fingerprint density at radius 2 is 2.27 bits per heavy atom. The Hall–Kier alpha value is -2.44. The van der Waals surface area contributed by atoms with Crippen molar-refractivity contribution in [1.29, 1.82) is 0 Å². The second-order valence-electron chi connectivity index (χ2n) is 6.01. The molecule has 114 valence electrons. The highest BCUT2D eigenvalue weighted by atomic mass is 16.2. The molecule has 0 aromatic carbocycles. The molecule has 1 aliphatic heterocycles. The Bertz CT molecular complexity index is 748. The number of carbonyl (C=O) groups excluding carboxylic acids is 1. The van der Waals surface area contributed by atoms with Gasteiger partial charge in [-0.3, -0.25) is 9.89 Å². The Morgan fingerprint density at radius 3 is 3.00 bits per heavy atom. The van der Waals surface area contributed by atoms with Crippen LogP contribution >= 0.6 is 0 Å². The molecule has 2 aromatic rings. The quantitative estimate of drug-likeness (QED) is 0.876. The smallest absolute Gasteiger partial charge is 0.263 e. The van der Waals surface area contributed by atoms with Crippen LogP contribution in [0.2, 0.25) is 0 Å². The summed E-state index contributed by atoms with van der Waals surface area (Å²) in [6.07, 6.45) is 5.56. The van der Waals surface area contributed by atoms with E-state index in [1.54, 1.807) is 11.1 Å². The molecule has 3 heterocycles. The molecule has 0 atom stereocenters. The first-order valence-corrected chi connectivity index (χ1v) is 7.63. The summed E-state index contributed by atoms with van der Waals surface area (Å²) in [6, 6.07) is 0. The molecule has 1 aliphatic carbocycles. The third-order valence-corrected chi connectivity index (χ3v) is 4.31. The molecule has 0 saturated heterocycles. The number of nitrogens with zero attached hydrogens (tertiary/aromatic N) is 4. The lowest BCUT2D eigenvalue weighted by Crippen LogP contribution is -2.36. The molecule has 1 saturated carbocycles. The normalized spacial score (nSPS) is 17.4. The van der Waals surface area contributed by atoms with Crippen molar-refractivity contribution in [1.82, 2.24) is 20.2 Å². The van der Waals surface area contributed by atoms with Gasteiger partial charge in [0.25, 0.3) is 5.91 Å². The molecule has 0 unspecified atom stereocenters. The van der Waals surface area contributed by atoms with E-state index in [9.17, 15) is 4.79 Å². The van der Waals surface area contributed by atoms with Crippen molar-refractivity contribution in [3.05, 3.63) is 29.0 Å². The van der Waals surface area contributed by atoms with E-state index in [1.165, 1.54) is 0 Å². The van der Waals surface area contributed by atoms with Crippen molar-refractivity contribution in [2.75, 3.05) is 17.2 Å². The Balaban J connectivity index is 1.69. The van der Waals surface area contributed by atoms with Gasteiger partial charge in [0.1, 0.15) is 17.2 Å². The fourth-order valence-corrected chi connectivity index (χ4v) is 2.98. The van der Waals surface area contributed by atoms with Crippen LogP contribution in [0, 0.1) is 6.92 Å². The maximum absolute atomic E-state index is 12.9. The van der Waals surface area contributed by atoms with Crippen LogP contribution in [0.3, 0.4) is 0 Å². The number of aromatic nitrogens is 4. The summed E-state index contributed by atoms with van der Waals surface area (Å²) in [5.41, 5.74) is 9.09. The average molecular weight is 298 g/mol. The molecule has 1 fully saturated rings. The zero-order valence-corrected chi connectivity index (χ0v) is 12.5. The van der Waals surface area contributed by atoms with Crippen LogP contribution in [0.4, 0.5) is 11.5 Å². The number of anilines is 2. The maximum atomic E-state index is 12.9. The van der Waals surface area contributed by atoms with Crippen molar-refractivity contribution >= 4 is 17.4 Å². The van der Waals surface area contributed by atoms with Gasteiger partial charge in [0.15, 0.2) is 0 Å². The number of H-pyrrole nitrogens is 1. The van der Waals surface area contributed by atoms with Gasteiger partial charge in [-0.2, -0.15) is 5.10 Å². The van der Waals surface area contributed by atoms with Gasteiger partial charge in [0.05, 0.1) is 17.1 Å². The number of nitrogen functional groups attached to an aromatic ring is 1. The van der Waals surface area contributed by atoms with Gasteiger partial charge in [-0.15, -0.1) is 0 Å². The number of nitrogens with one attached hydrogen (secondary N) is 1. The number of hydrogen-bond acceptors (Lipinski definition) is 5. The van der Waals surface area contributed by atoms with E-state index >= 15 is 0 Å². The summed E-state index contributed by atoms with van der Waals surface area (Å²) < 4.78 is 0. The molecular weight excluding hydrogens is 280 g/mol. The Morgan fingerprint density at radius 1 is 1.45 bits per heavy atom. The van der Waals surface area contributed by atoms with Crippen LogP contribution in [0.1, 0.15) is 52.8 Å². The molecule has 3 N–H and O–H groups in total. The number of hydrogen-bond donors (Lipinski definition) is 2. The van der Waals surface area contributed by atoms with E-state index in [0.29, 0.717) is 18.0 Å². The van der Waals surface area contributed by atoms with Crippen molar-refractivity contribution in [2.45, 2.75) is 38.5 Å². The minimum Gasteiger partial charge on any atom is -0.383 e. The first-order valence-electron chi connectivity index (χ1n) is 7.63. The van der Waals surface area contributed by atoms with Gasteiger partial charge in [-0.25, -0.2) is 9.97 Å². The summed E-state index contributed by atoms with van der Waals surface area (Å²) in [7, 11) is 0. The molecule has 7 heteroatoms. The van der Waals surface area contributed by atoms with Crippen LogP contribution in [0.25, 0.3) is 0 Å². The van der Waals surface area contributed by atoms with Gasteiger partial charge in [-0.05, 0) is 32.6 Å². The van der Waals surface area contributed by atoms with Gasteiger partial charge >= 0.3 is 0 Å². The predicted molar refractivity (Wildman–Crippen MR) is 81.7 cm³/mol. The molecule has 4 rings (SSSR count). The van der Waals surface area contributed by atoms with E-state index in [4.69, 9.17) is 5.73 Å². The molecule has 2 aromatic heterocycles. The summed E-state index contributed by atoms with van der Waals surface area (Å²) >= 11 is 0. The van der Waals surface area contributed by atoms with E-state index in [0.717, 1.165) is 48.6 Å². The van der Waals surface area contributed by atoms with Crippen molar-refractivity contribution in [2.24, 2.45) is 0 Å². The first kappa shape index (κ1) is 13.2. The van der Waals surface area contributed by atoms with Gasteiger partial charge in [0, 0.05) is 18.7 Å². The fraction of sp³-hybridized carbons (Fsp3) is 0.467. The van der Waals surface area contributed by atoms with E-state index in [1.807, 2.05) is 6.92 Å². The maximum Gasteiger partial charge on any atom is 0.263 e. The number of rotatable bonds is 2. The lowest BCUT2D eigenvalue weighted by atomic mass is 10.1. The highest BCUT2D eigenvalue weighted by Crippen LogP contribution is 2.38. The highest BCUT2D eigenvalue weighted by Gasteiger charge is 2.31.